The van der Waals surface area contributed by atoms with Gasteiger partial charge in [-0.2, -0.15) is 5.10 Å². The number of nitrogens with zero attached hydrogens (tertiary/aromatic N) is 3. The molecule has 2 aliphatic heterocycles. The number of aryl methyl sites for hydroxylation is 1. The van der Waals surface area contributed by atoms with Gasteiger partial charge in [-0.3, -0.25) is 9.58 Å². The molecule has 0 amide bonds. The van der Waals surface area contributed by atoms with Gasteiger partial charge in [0.15, 0.2) is 0 Å². The predicted molar refractivity (Wildman–Crippen MR) is 109 cm³/mol. The first-order valence-electron chi connectivity index (χ1n) is 10.9. The lowest BCUT2D eigenvalue weighted by Gasteiger charge is -2.40. The fraction of sp³-hybridized carbons (Fsp3) is 0.696. The van der Waals surface area contributed by atoms with Gasteiger partial charge in [0.2, 0.25) is 0 Å². The molecule has 2 aromatic rings. The zero-order valence-electron chi connectivity index (χ0n) is 16.8. The highest BCUT2D eigenvalue weighted by Crippen LogP contribution is 2.38. The van der Waals surface area contributed by atoms with Gasteiger partial charge in [0.05, 0.1) is 17.8 Å². The van der Waals surface area contributed by atoms with Gasteiger partial charge in [-0.1, -0.05) is 19.1 Å². The maximum absolute atomic E-state index is 6.24. The van der Waals surface area contributed by atoms with Crippen LogP contribution in [-0.4, -0.2) is 46.0 Å². The normalized spacial score (nSPS) is 29.5. The Kier molecular flexibility index (Phi) is 4.73. The van der Waals surface area contributed by atoms with Crippen LogP contribution in [0.2, 0.25) is 0 Å². The molecule has 27 heavy (non-hydrogen) atoms. The monoisotopic (exact) mass is 367 g/mol. The van der Waals surface area contributed by atoms with Crippen molar-refractivity contribution in [1.29, 1.82) is 0 Å². The topological polar surface area (TPSA) is 30.3 Å². The Morgan fingerprint density at radius 2 is 1.89 bits per heavy atom. The quantitative estimate of drug-likeness (QED) is 0.726. The van der Waals surface area contributed by atoms with Crippen molar-refractivity contribution in [3.63, 3.8) is 0 Å². The maximum Gasteiger partial charge on any atom is 0.0685 e. The van der Waals surface area contributed by atoms with Crippen LogP contribution in [0.5, 0.6) is 0 Å². The number of hydrogen-bond donors (Lipinski definition) is 0. The average molecular weight is 368 g/mol. The molecular formula is C23H33N3O. The van der Waals surface area contributed by atoms with E-state index in [1.54, 1.807) is 0 Å². The zero-order chi connectivity index (χ0) is 18.4. The Labute approximate surface area is 162 Å². The number of fused-ring (bicyclic) bond motifs is 3. The number of aromatic nitrogens is 2. The molecule has 3 heterocycles. The molecule has 0 spiro atoms. The van der Waals surface area contributed by atoms with Crippen molar-refractivity contribution in [2.24, 2.45) is 11.8 Å². The van der Waals surface area contributed by atoms with Gasteiger partial charge in [0, 0.05) is 37.2 Å². The summed E-state index contributed by atoms with van der Waals surface area (Å²) in [4.78, 5) is 2.80. The minimum Gasteiger partial charge on any atom is -0.378 e. The third-order valence-electron chi connectivity index (χ3n) is 6.91. The van der Waals surface area contributed by atoms with Crippen LogP contribution in [0.15, 0.2) is 24.4 Å². The van der Waals surface area contributed by atoms with Crippen molar-refractivity contribution in [2.45, 2.75) is 77.1 Å². The summed E-state index contributed by atoms with van der Waals surface area (Å²) in [6.45, 7) is 7.76. The van der Waals surface area contributed by atoms with E-state index in [4.69, 9.17) is 4.74 Å². The van der Waals surface area contributed by atoms with Crippen LogP contribution in [0.4, 0.5) is 0 Å². The van der Waals surface area contributed by atoms with Crippen LogP contribution in [0.3, 0.4) is 0 Å². The molecule has 3 fully saturated rings. The number of benzene rings is 1. The lowest BCUT2D eigenvalue weighted by Crippen LogP contribution is -2.47. The van der Waals surface area contributed by atoms with Crippen molar-refractivity contribution in [2.75, 3.05) is 13.2 Å². The van der Waals surface area contributed by atoms with Gasteiger partial charge in [-0.05, 0) is 68.9 Å². The molecule has 0 N–H and O–H groups in total. The molecular weight excluding hydrogens is 334 g/mol. The minimum absolute atomic E-state index is 0.521. The summed E-state index contributed by atoms with van der Waals surface area (Å²) in [5, 5.41) is 5.91. The standard InChI is InChI=1S/C23H33N3O/c1-16-3-6-19-12-24-26(23(19)9-16)14-17(2)13-25-20-7-8-21(25)11-22(10-20)27-15-18-4-5-18/h3,6,9,12,17-18,20-22H,4-5,7-8,10-11,13-15H2,1-2H3/t17-,20?,21?,22?/m1/s1. The fourth-order valence-electron chi connectivity index (χ4n) is 5.25. The third-order valence-corrected chi connectivity index (χ3v) is 6.91. The van der Waals surface area contributed by atoms with E-state index in [0.29, 0.717) is 12.0 Å². The van der Waals surface area contributed by atoms with Crippen LogP contribution in [0.1, 0.15) is 51.0 Å². The van der Waals surface area contributed by atoms with E-state index in [-0.39, 0.29) is 0 Å². The van der Waals surface area contributed by atoms with E-state index in [1.165, 1.54) is 61.5 Å². The second-order valence-electron chi connectivity index (χ2n) is 9.45. The van der Waals surface area contributed by atoms with Crippen LogP contribution in [-0.2, 0) is 11.3 Å². The Balaban J connectivity index is 1.19. The molecule has 0 radical (unpaired) electrons. The van der Waals surface area contributed by atoms with Crippen LogP contribution in [0.25, 0.3) is 10.9 Å². The van der Waals surface area contributed by atoms with Crippen molar-refractivity contribution in [3.8, 4) is 0 Å². The summed E-state index contributed by atoms with van der Waals surface area (Å²) >= 11 is 0. The summed E-state index contributed by atoms with van der Waals surface area (Å²) in [5.74, 6) is 1.49. The highest BCUT2D eigenvalue weighted by Gasteiger charge is 2.41. The summed E-state index contributed by atoms with van der Waals surface area (Å²) in [5.41, 5.74) is 2.58. The Morgan fingerprint density at radius 1 is 1.11 bits per heavy atom. The van der Waals surface area contributed by atoms with Gasteiger partial charge < -0.3 is 4.74 Å². The maximum atomic E-state index is 6.24. The van der Waals surface area contributed by atoms with Crippen molar-refractivity contribution < 1.29 is 4.74 Å². The van der Waals surface area contributed by atoms with Crippen LogP contribution < -0.4 is 0 Å². The molecule has 2 unspecified atom stereocenters. The highest BCUT2D eigenvalue weighted by molar-refractivity contribution is 5.79. The van der Waals surface area contributed by atoms with E-state index in [1.807, 2.05) is 6.20 Å². The van der Waals surface area contributed by atoms with Crippen LogP contribution in [0, 0.1) is 18.8 Å². The summed E-state index contributed by atoms with van der Waals surface area (Å²) in [7, 11) is 0. The van der Waals surface area contributed by atoms with E-state index >= 15 is 0 Å². The highest BCUT2D eigenvalue weighted by atomic mass is 16.5. The SMILES string of the molecule is Cc1ccc2cnn(C[C@H](C)CN3C4CCC3CC(OCC3CC3)C4)c2c1. The van der Waals surface area contributed by atoms with E-state index in [2.05, 4.69) is 46.7 Å². The molecule has 4 nitrogen and oxygen atoms in total. The molecule has 1 aromatic carbocycles. The van der Waals surface area contributed by atoms with Crippen molar-refractivity contribution in [3.05, 3.63) is 30.0 Å². The lowest BCUT2D eigenvalue weighted by atomic mass is 9.98. The zero-order valence-corrected chi connectivity index (χ0v) is 16.8. The van der Waals surface area contributed by atoms with E-state index < -0.39 is 0 Å². The molecule has 4 heteroatoms. The summed E-state index contributed by atoms with van der Waals surface area (Å²) < 4.78 is 8.45. The Hall–Kier alpha value is -1.39. The lowest BCUT2D eigenvalue weighted by molar-refractivity contribution is -0.0276. The summed E-state index contributed by atoms with van der Waals surface area (Å²) in [6, 6.07) is 8.11. The number of piperidine rings is 1. The second-order valence-corrected chi connectivity index (χ2v) is 9.45. The molecule has 1 saturated carbocycles. The predicted octanol–water partition coefficient (Wildman–Crippen LogP) is 4.40. The van der Waals surface area contributed by atoms with Crippen LogP contribution >= 0.6 is 0 Å². The summed E-state index contributed by atoms with van der Waals surface area (Å²) in [6.07, 6.45) is 10.5. The molecule has 1 aliphatic carbocycles. The molecule has 1 aromatic heterocycles. The Bertz CT molecular complexity index is 782. The average Bonchev–Trinajstić information content (AvgIpc) is 3.37. The van der Waals surface area contributed by atoms with Crippen molar-refractivity contribution in [1.82, 2.24) is 14.7 Å². The second kappa shape index (κ2) is 7.21. The number of hydrogen-bond acceptors (Lipinski definition) is 3. The van der Waals surface area contributed by atoms with Crippen molar-refractivity contribution >= 4 is 10.9 Å². The Morgan fingerprint density at radius 3 is 2.63 bits per heavy atom. The molecule has 2 saturated heterocycles. The first-order chi connectivity index (χ1) is 13.2. The fourth-order valence-corrected chi connectivity index (χ4v) is 5.25. The number of ether oxygens (including phenoxy) is 1. The van der Waals surface area contributed by atoms with Gasteiger partial charge in [0.25, 0.3) is 0 Å². The molecule has 3 aliphatic rings. The van der Waals surface area contributed by atoms with Gasteiger partial charge in [-0.15, -0.1) is 0 Å². The van der Waals surface area contributed by atoms with Gasteiger partial charge in [0.1, 0.15) is 0 Å². The third kappa shape index (κ3) is 3.79. The van der Waals surface area contributed by atoms with E-state index in [9.17, 15) is 0 Å². The number of rotatable bonds is 7. The molecule has 5 rings (SSSR count). The molecule has 3 atom stereocenters. The minimum atomic E-state index is 0.521. The van der Waals surface area contributed by atoms with Gasteiger partial charge in [-0.25, -0.2) is 0 Å². The first kappa shape index (κ1) is 17.7. The molecule has 2 bridgehead atoms. The first-order valence-corrected chi connectivity index (χ1v) is 10.9. The molecule has 146 valence electrons. The smallest absolute Gasteiger partial charge is 0.0685 e. The van der Waals surface area contributed by atoms with E-state index in [0.717, 1.165) is 31.2 Å². The van der Waals surface area contributed by atoms with Gasteiger partial charge >= 0.3 is 0 Å². The largest absolute Gasteiger partial charge is 0.378 e.